The Bertz CT molecular complexity index is 1200. The molecule has 0 spiro atoms. The molecule has 1 amide bonds. The number of carbonyl (C=O) groups excluding carboxylic acids is 1. The third-order valence-corrected chi connectivity index (χ3v) is 5.35. The molecular formula is C25H29BN6O3. The smallest absolute Gasteiger partial charge is 0.299 e. The molecule has 0 fully saturated rings. The van der Waals surface area contributed by atoms with E-state index in [9.17, 15) is 10.1 Å². The van der Waals surface area contributed by atoms with Crippen LogP contribution in [0.15, 0.2) is 48.5 Å². The molecule has 0 unspecified atom stereocenters. The van der Waals surface area contributed by atoms with Crippen LogP contribution in [0.25, 0.3) is 0 Å². The number of anilines is 1. The van der Waals surface area contributed by atoms with E-state index in [1.165, 1.54) is 14.2 Å². The summed E-state index contributed by atoms with van der Waals surface area (Å²) in [6, 6.07) is 17.3. The minimum atomic E-state index is -1.09. The second-order valence-corrected chi connectivity index (χ2v) is 8.14. The average Bonchev–Trinajstić information content (AvgIpc) is 3.20. The molecular weight excluding hydrogens is 443 g/mol. The average molecular weight is 472 g/mol. The zero-order valence-corrected chi connectivity index (χ0v) is 20.2. The molecule has 3 rings (SSSR count). The normalized spacial score (nSPS) is 12.3. The second-order valence-electron chi connectivity index (χ2n) is 8.14. The van der Waals surface area contributed by atoms with Crippen molar-refractivity contribution in [2.24, 2.45) is 5.73 Å². The van der Waals surface area contributed by atoms with Gasteiger partial charge in [-0.2, -0.15) is 10.2 Å². The van der Waals surface area contributed by atoms with E-state index < -0.39 is 5.44 Å². The van der Waals surface area contributed by atoms with Crippen molar-refractivity contribution >= 4 is 19.6 Å². The Morgan fingerprint density at radius 2 is 1.94 bits per heavy atom. The number of ether oxygens (including phenoxy) is 2. The SMILES string of the molecule is [B][C@](N)(CNc1nc(OC)n(Cc2ccc(OC)c(C#N)c2)c1C(=O)NCC)Cc1ccccc1. The number of aromatic nitrogens is 2. The molecule has 10 heteroatoms. The zero-order chi connectivity index (χ0) is 25.4. The number of nitriles is 1. The first-order valence-electron chi connectivity index (χ1n) is 11.2. The van der Waals surface area contributed by atoms with E-state index in [1.54, 1.807) is 16.7 Å². The van der Waals surface area contributed by atoms with Crippen molar-refractivity contribution in [1.82, 2.24) is 14.9 Å². The summed E-state index contributed by atoms with van der Waals surface area (Å²) in [5.41, 5.74) is 7.69. The molecule has 0 bridgehead atoms. The van der Waals surface area contributed by atoms with Gasteiger partial charge in [0.2, 0.25) is 0 Å². The van der Waals surface area contributed by atoms with Crippen molar-refractivity contribution in [3.05, 3.63) is 70.9 Å². The third kappa shape index (κ3) is 6.34. The molecule has 0 aliphatic carbocycles. The van der Waals surface area contributed by atoms with Crippen molar-refractivity contribution in [3.8, 4) is 17.8 Å². The van der Waals surface area contributed by atoms with E-state index in [0.717, 1.165) is 11.1 Å². The maximum atomic E-state index is 13.0. The first-order chi connectivity index (χ1) is 16.8. The van der Waals surface area contributed by atoms with E-state index >= 15 is 0 Å². The van der Waals surface area contributed by atoms with Crippen LogP contribution >= 0.6 is 0 Å². The number of nitrogens with zero attached hydrogens (tertiary/aromatic N) is 3. The van der Waals surface area contributed by atoms with Crippen molar-refractivity contribution in [1.29, 1.82) is 5.26 Å². The molecule has 1 heterocycles. The summed E-state index contributed by atoms with van der Waals surface area (Å²) in [6.45, 7) is 2.66. The molecule has 1 atom stereocenters. The fourth-order valence-corrected chi connectivity index (χ4v) is 3.74. The molecule has 3 aromatic rings. The lowest BCUT2D eigenvalue weighted by atomic mass is 9.74. The summed E-state index contributed by atoms with van der Waals surface area (Å²) in [6.07, 6.45) is 0.429. The van der Waals surface area contributed by atoms with Crippen LogP contribution < -0.4 is 25.8 Å². The topological polar surface area (TPSA) is 127 Å². The Kier molecular flexibility index (Phi) is 8.39. The van der Waals surface area contributed by atoms with Crippen LogP contribution in [-0.2, 0) is 13.0 Å². The summed E-state index contributed by atoms with van der Waals surface area (Å²) in [4.78, 5) is 17.5. The molecule has 2 aromatic carbocycles. The van der Waals surface area contributed by atoms with Crippen LogP contribution in [0.4, 0.5) is 5.82 Å². The van der Waals surface area contributed by atoms with Crippen LogP contribution in [0.3, 0.4) is 0 Å². The van der Waals surface area contributed by atoms with Gasteiger partial charge in [0.25, 0.3) is 11.9 Å². The van der Waals surface area contributed by atoms with Crippen molar-refractivity contribution in [2.75, 3.05) is 32.6 Å². The van der Waals surface area contributed by atoms with Crippen molar-refractivity contribution in [3.63, 3.8) is 0 Å². The number of hydrogen-bond donors (Lipinski definition) is 3. The summed E-state index contributed by atoms with van der Waals surface area (Å²) in [7, 11) is 9.33. The van der Waals surface area contributed by atoms with Crippen LogP contribution in [0.2, 0.25) is 0 Å². The number of amides is 1. The number of nitrogens with one attached hydrogen (secondary N) is 2. The van der Waals surface area contributed by atoms with Crippen LogP contribution in [0.5, 0.6) is 11.8 Å². The Morgan fingerprint density at radius 3 is 2.57 bits per heavy atom. The highest BCUT2D eigenvalue weighted by atomic mass is 16.5. The van der Waals surface area contributed by atoms with E-state index in [-0.39, 0.29) is 30.7 Å². The number of imidazole rings is 1. The van der Waals surface area contributed by atoms with Gasteiger partial charge in [0.05, 0.1) is 34.2 Å². The molecule has 0 aliphatic heterocycles. The Morgan fingerprint density at radius 1 is 1.20 bits per heavy atom. The minimum Gasteiger partial charge on any atom is -0.495 e. The molecule has 1 aromatic heterocycles. The van der Waals surface area contributed by atoms with Gasteiger partial charge in [-0.05, 0) is 42.0 Å². The predicted molar refractivity (Wildman–Crippen MR) is 135 cm³/mol. The van der Waals surface area contributed by atoms with Crippen LogP contribution in [0, 0.1) is 11.3 Å². The zero-order valence-electron chi connectivity index (χ0n) is 20.2. The van der Waals surface area contributed by atoms with Crippen LogP contribution in [0.1, 0.15) is 34.1 Å². The summed E-state index contributed by atoms with van der Waals surface area (Å²) in [5, 5.41) is 15.4. The highest BCUT2D eigenvalue weighted by Crippen LogP contribution is 2.26. The largest absolute Gasteiger partial charge is 0.495 e. The number of nitrogens with two attached hydrogens (primary N) is 1. The van der Waals surface area contributed by atoms with Crippen molar-refractivity contribution < 1.29 is 14.3 Å². The monoisotopic (exact) mass is 472 g/mol. The van der Waals surface area contributed by atoms with Gasteiger partial charge in [0, 0.05) is 13.1 Å². The summed E-state index contributed by atoms with van der Waals surface area (Å²) < 4.78 is 12.3. The second kappa shape index (κ2) is 11.4. The van der Waals surface area contributed by atoms with Gasteiger partial charge in [-0.1, -0.05) is 36.4 Å². The van der Waals surface area contributed by atoms with Gasteiger partial charge in [0.15, 0.2) is 11.5 Å². The third-order valence-electron chi connectivity index (χ3n) is 5.35. The molecule has 180 valence electrons. The molecule has 0 saturated carbocycles. The van der Waals surface area contributed by atoms with Gasteiger partial charge in [-0.25, -0.2) is 0 Å². The van der Waals surface area contributed by atoms with E-state index in [4.69, 9.17) is 23.1 Å². The number of benzene rings is 2. The quantitative estimate of drug-likeness (QED) is 0.365. The highest BCUT2D eigenvalue weighted by Gasteiger charge is 2.26. The van der Waals surface area contributed by atoms with Gasteiger partial charge >= 0.3 is 0 Å². The highest BCUT2D eigenvalue weighted by molar-refractivity contribution is 6.15. The molecule has 35 heavy (non-hydrogen) atoms. The number of rotatable bonds is 11. The molecule has 0 aliphatic rings. The maximum absolute atomic E-state index is 13.0. The summed E-state index contributed by atoms with van der Waals surface area (Å²) >= 11 is 0. The fraction of sp³-hybridized carbons (Fsp3) is 0.320. The number of methoxy groups -OCH3 is 2. The minimum absolute atomic E-state index is 0.162. The maximum Gasteiger partial charge on any atom is 0.299 e. The van der Waals surface area contributed by atoms with E-state index in [1.807, 2.05) is 43.3 Å². The lowest BCUT2D eigenvalue weighted by Gasteiger charge is -2.26. The lowest BCUT2D eigenvalue weighted by molar-refractivity contribution is 0.0946. The van der Waals surface area contributed by atoms with Gasteiger partial charge < -0.3 is 25.8 Å². The first kappa shape index (κ1) is 25.7. The van der Waals surface area contributed by atoms with E-state index in [2.05, 4.69) is 21.7 Å². The molecule has 0 saturated heterocycles. The Balaban J connectivity index is 1.92. The predicted octanol–water partition coefficient (Wildman–Crippen LogP) is 2.05. The van der Waals surface area contributed by atoms with Gasteiger partial charge in [-0.3, -0.25) is 9.36 Å². The Hall–Kier alpha value is -3.97. The standard InChI is InChI=1S/C25H29BN6O3/c1-4-29-23(33)21-22(30-16-25(26,28)13-17-8-6-5-7-9-17)31-24(35-3)32(21)15-18-10-11-20(34-2)19(12-18)14-27/h5-12,30H,4,13,15-16,28H2,1-3H3,(H,29,33)/t25-/m1/s1. The van der Waals surface area contributed by atoms with Crippen LogP contribution in [-0.4, -0.2) is 56.1 Å². The first-order valence-corrected chi connectivity index (χ1v) is 11.2. The Labute approximate surface area is 206 Å². The number of hydrogen-bond acceptors (Lipinski definition) is 7. The van der Waals surface area contributed by atoms with Crippen molar-refractivity contribution in [2.45, 2.75) is 25.3 Å². The molecule has 4 N–H and O–H groups in total. The van der Waals surface area contributed by atoms with Gasteiger partial charge in [-0.15, -0.1) is 0 Å². The van der Waals surface area contributed by atoms with E-state index in [0.29, 0.717) is 30.1 Å². The number of carbonyl (C=O) groups is 1. The summed E-state index contributed by atoms with van der Waals surface area (Å²) in [5.74, 6) is 0.443. The van der Waals surface area contributed by atoms with Gasteiger partial charge in [0.1, 0.15) is 11.8 Å². The molecule has 9 nitrogen and oxygen atoms in total. The molecule has 2 radical (unpaired) electrons. The lowest BCUT2D eigenvalue weighted by Crippen LogP contribution is -2.49. The fourth-order valence-electron chi connectivity index (χ4n) is 3.74.